The van der Waals surface area contributed by atoms with Crippen molar-refractivity contribution in [2.75, 3.05) is 20.1 Å². The van der Waals surface area contributed by atoms with E-state index in [0.717, 1.165) is 4.57 Å². The van der Waals surface area contributed by atoms with Gasteiger partial charge in [-0.3, -0.25) is 9.59 Å². The van der Waals surface area contributed by atoms with Crippen molar-refractivity contribution < 1.29 is 22.8 Å². The number of hydrogen-bond donors (Lipinski definition) is 0. The van der Waals surface area contributed by atoms with E-state index < -0.39 is 18.6 Å². The van der Waals surface area contributed by atoms with Gasteiger partial charge >= 0.3 is 6.18 Å². The van der Waals surface area contributed by atoms with Gasteiger partial charge in [-0.25, -0.2) is 4.98 Å². The summed E-state index contributed by atoms with van der Waals surface area (Å²) in [5.74, 6) is -0.609. The molecular formula is C14H19F3N4O2. The quantitative estimate of drug-likeness (QED) is 0.816. The van der Waals surface area contributed by atoms with Crippen LogP contribution in [-0.2, 0) is 22.7 Å². The molecule has 1 aromatic heterocycles. The van der Waals surface area contributed by atoms with Crippen LogP contribution >= 0.6 is 0 Å². The van der Waals surface area contributed by atoms with Crippen molar-refractivity contribution in [1.29, 1.82) is 0 Å². The van der Waals surface area contributed by atoms with E-state index in [1.54, 1.807) is 4.90 Å². The maximum absolute atomic E-state index is 12.5. The number of carbonyl (C=O) groups is 2. The third-order valence-corrected chi connectivity index (χ3v) is 3.85. The second-order valence-corrected chi connectivity index (χ2v) is 5.61. The van der Waals surface area contributed by atoms with Crippen LogP contribution in [0.5, 0.6) is 0 Å². The Hall–Kier alpha value is -2.06. The van der Waals surface area contributed by atoms with Gasteiger partial charge in [0.25, 0.3) is 0 Å². The zero-order valence-corrected chi connectivity index (χ0v) is 13.0. The Labute approximate surface area is 131 Å². The summed E-state index contributed by atoms with van der Waals surface area (Å²) in [4.78, 5) is 30.9. The van der Waals surface area contributed by atoms with Crippen molar-refractivity contribution in [3.8, 4) is 0 Å². The van der Waals surface area contributed by atoms with Gasteiger partial charge < -0.3 is 14.4 Å². The molecule has 128 valence electrons. The topological polar surface area (TPSA) is 58.4 Å². The highest BCUT2D eigenvalue weighted by molar-refractivity contribution is 5.89. The molecule has 1 fully saturated rings. The second-order valence-electron chi connectivity index (χ2n) is 5.61. The molecule has 0 unspecified atom stereocenters. The standard InChI is InChI=1S/C14H19F3N4O2/c1-3-20-7-10(6-12(20)22)13(23)19(2)8-11-18-4-5-21(11)9-14(15,16)17/h4-5,10H,3,6-9H2,1-2H3/t10-/m0/s1. The largest absolute Gasteiger partial charge is 0.406 e. The van der Waals surface area contributed by atoms with Crippen LogP contribution in [0.4, 0.5) is 13.2 Å². The van der Waals surface area contributed by atoms with Gasteiger partial charge in [-0.15, -0.1) is 0 Å². The highest BCUT2D eigenvalue weighted by atomic mass is 19.4. The molecule has 1 aliphatic heterocycles. The molecule has 0 radical (unpaired) electrons. The monoisotopic (exact) mass is 332 g/mol. The number of amides is 2. The molecule has 0 aliphatic carbocycles. The molecule has 0 aromatic carbocycles. The summed E-state index contributed by atoms with van der Waals surface area (Å²) in [6, 6.07) is 0. The Balaban J connectivity index is 2.00. The summed E-state index contributed by atoms with van der Waals surface area (Å²) < 4.78 is 38.5. The van der Waals surface area contributed by atoms with E-state index in [9.17, 15) is 22.8 Å². The summed E-state index contributed by atoms with van der Waals surface area (Å²) in [6.07, 6.45) is -1.69. The summed E-state index contributed by atoms with van der Waals surface area (Å²) >= 11 is 0. The van der Waals surface area contributed by atoms with E-state index in [1.165, 1.54) is 24.3 Å². The number of rotatable bonds is 5. The van der Waals surface area contributed by atoms with Gasteiger partial charge in [-0.2, -0.15) is 13.2 Å². The molecule has 0 spiro atoms. The van der Waals surface area contributed by atoms with Gasteiger partial charge in [-0.05, 0) is 6.92 Å². The zero-order chi connectivity index (χ0) is 17.2. The fourth-order valence-electron chi connectivity index (χ4n) is 2.67. The minimum absolute atomic E-state index is 0.0290. The fourth-order valence-corrected chi connectivity index (χ4v) is 2.67. The number of hydrogen-bond acceptors (Lipinski definition) is 3. The molecule has 1 aromatic rings. The van der Waals surface area contributed by atoms with Crippen LogP contribution in [0.25, 0.3) is 0 Å². The Kier molecular flexibility index (Phi) is 4.96. The molecule has 2 rings (SSSR count). The van der Waals surface area contributed by atoms with Gasteiger partial charge in [0.1, 0.15) is 12.4 Å². The average molecular weight is 332 g/mol. The SMILES string of the molecule is CCN1C[C@@H](C(=O)N(C)Cc2nccn2CC(F)(F)F)CC1=O. The molecule has 1 saturated heterocycles. The van der Waals surface area contributed by atoms with E-state index in [1.807, 2.05) is 6.92 Å². The smallest absolute Gasteiger partial charge is 0.342 e. The average Bonchev–Trinajstić information content (AvgIpc) is 3.03. The van der Waals surface area contributed by atoms with Crippen LogP contribution in [0.3, 0.4) is 0 Å². The van der Waals surface area contributed by atoms with Crippen molar-refractivity contribution in [2.24, 2.45) is 5.92 Å². The number of aromatic nitrogens is 2. The first kappa shape index (κ1) is 17.3. The molecule has 1 atom stereocenters. The van der Waals surface area contributed by atoms with Gasteiger partial charge in [0.15, 0.2) is 0 Å². The Bertz CT molecular complexity index is 585. The predicted molar refractivity (Wildman–Crippen MR) is 75.1 cm³/mol. The van der Waals surface area contributed by atoms with Gasteiger partial charge in [0.05, 0.1) is 12.5 Å². The van der Waals surface area contributed by atoms with E-state index in [0.29, 0.717) is 13.1 Å². The number of carbonyl (C=O) groups excluding carboxylic acids is 2. The Morgan fingerprint density at radius 2 is 2.17 bits per heavy atom. The minimum atomic E-state index is -4.35. The van der Waals surface area contributed by atoms with Crippen LogP contribution in [-0.4, -0.2) is 57.5 Å². The summed E-state index contributed by atoms with van der Waals surface area (Å²) in [6.45, 7) is 1.56. The highest BCUT2D eigenvalue weighted by Gasteiger charge is 2.35. The highest BCUT2D eigenvalue weighted by Crippen LogP contribution is 2.21. The third-order valence-electron chi connectivity index (χ3n) is 3.85. The molecule has 2 amide bonds. The Morgan fingerprint density at radius 1 is 1.48 bits per heavy atom. The number of nitrogens with zero attached hydrogens (tertiary/aromatic N) is 4. The molecule has 9 heteroatoms. The molecule has 6 nitrogen and oxygen atoms in total. The molecule has 23 heavy (non-hydrogen) atoms. The van der Waals surface area contributed by atoms with Crippen molar-refractivity contribution >= 4 is 11.8 Å². The third kappa shape index (κ3) is 4.23. The first-order valence-electron chi connectivity index (χ1n) is 7.30. The minimum Gasteiger partial charge on any atom is -0.342 e. The summed E-state index contributed by atoms with van der Waals surface area (Å²) in [5.41, 5.74) is 0. The maximum Gasteiger partial charge on any atom is 0.406 e. The van der Waals surface area contributed by atoms with Crippen LogP contribution in [0, 0.1) is 5.92 Å². The van der Waals surface area contributed by atoms with Crippen LogP contribution < -0.4 is 0 Å². The number of alkyl halides is 3. The van der Waals surface area contributed by atoms with Crippen molar-refractivity contribution in [3.63, 3.8) is 0 Å². The molecule has 0 N–H and O–H groups in total. The lowest BCUT2D eigenvalue weighted by atomic mass is 10.1. The molecular weight excluding hydrogens is 313 g/mol. The Morgan fingerprint density at radius 3 is 2.74 bits per heavy atom. The molecule has 0 bridgehead atoms. The lowest BCUT2D eigenvalue weighted by molar-refractivity contribution is -0.141. The number of imidazole rings is 1. The lowest BCUT2D eigenvalue weighted by Crippen LogP contribution is -2.35. The number of likely N-dealkylation sites (tertiary alicyclic amines) is 1. The zero-order valence-electron chi connectivity index (χ0n) is 13.0. The second kappa shape index (κ2) is 6.59. The van der Waals surface area contributed by atoms with E-state index in [2.05, 4.69) is 4.98 Å². The first-order chi connectivity index (χ1) is 10.7. The van der Waals surface area contributed by atoms with E-state index in [-0.39, 0.29) is 30.6 Å². The number of halogens is 3. The molecule has 0 saturated carbocycles. The van der Waals surface area contributed by atoms with Crippen molar-refractivity contribution in [3.05, 3.63) is 18.2 Å². The lowest BCUT2D eigenvalue weighted by Gasteiger charge is -2.21. The predicted octanol–water partition coefficient (Wildman–Crippen LogP) is 1.27. The van der Waals surface area contributed by atoms with E-state index in [4.69, 9.17) is 0 Å². The summed E-state index contributed by atoms with van der Waals surface area (Å²) in [5, 5.41) is 0. The molecule has 1 aliphatic rings. The van der Waals surface area contributed by atoms with Crippen LogP contribution in [0.15, 0.2) is 12.4 Å². The van der Waals surface area contributed by atoms with Crippen LogP contribution in [0.2, 0.25) is 0 Å². The normalized spacial score (nSPS) is 18.6. The summed E-state index contributed by atoms with van der Waals surface area (Å²) in [7, 11) is 1.51. The van der Waals surface area contributed by atoms with Crippen LogP contribution in [0.1, 0.15) is 19.2 Å². The van der Waals surface area contributed by atoms with E-state index >= 15 is 0 Å². The molecule has 2 heterocycles. The van der Waals surface area contributed by atoms with Gasteiger partial charge in [0, 0.05) is 39.0 Å². The maximum atomic E-state index is 12.5. The van der Waals surface area contributed by atoms with Crippen molar-refractivity contribution in [1.82, 2.24) is 19.4 Å². The van der Waals surface area contributed by atoms with Gasteiger partial charge in [0.2, 0.25) is 11.8 Å². The van der Waals surface area contributed by atoms with Gasteiger partial charge in [-0.1, -0.05) is 0 Å². The fraction of sp³-hybridized carbons (Fsp3) is 0.643. The van der Waals surface area contributed by atoms with Crippen molar-refractivity contribution in [2.45, 2.75) is 32.6 Å². The first-order valence-corrected chi connectivity index (χ1v) is 7.30.